The van der Waals surface area contributed by atoms with Gasteiger partial charge in [-0.25, -0.2) is 0 Å². The molecule has 1 aliphatic heterocycles. The van der Waals surface area contributed by atoms with Gasteiger partial charge in [0.15, 0.2) is 5.84 Å². The van der Waals surface area contributed by atoms with Gasteiger partial charge < -0.3 is 16.0 Å². The summed E-state index contributed by atoms with van der Waals surface area (Å²) in [5.41, 5.74) is 5.38. The predicted molar refractivity (Wildman–Crippen MR) is 49.6 cm³/mol. The number of oxime groups is 1. The summed E-state index contributed by atoms with van der Waals surface area (Å²) in [6, 6.07) is 0. The molecule has 0 aromatic carbocycles. The van der Waals surface area contributed by atoms with Gasteiger partial charge in [-0.3, -0.25) is 4.90 Å². The van der Waals surface area contributed by atoms with Gasteiger partial charge in [-0.15, -0.1) is 0 Å². The minimum absolute atomic E-state index is 0.205. The van der Waals surface area contributed by atoms with Gasteiger partial charge in [0.1, 0.15) is 0 Å². The van der Waals surface area contributed by atoms with Gasteiger partial charge in [-0.05, 0) is 12.3 Å². The Morgan fingerprint density at radius 3 is 2.92 bits per heavy atom. The van der Waals surface area contributed by atoms with Gasteiger partial charge in [0.05, 0.1) is 12.6 Å². The van der Waals surface area contributed by atoms with E-state index in [1.165, 1.54) is 0 Å². The SMILES string of the molecule is C[C@H]1CN(C/C(N)=N\O)CC[C@@H]1O. The highest BCUT2D eigenvalue weighted by atomic mass is 16.4. The molecule has 76 valence electrons. The average Bonchev–Trinajstić information content (AvgIpc) is 2.11. The van der Waals surface area contributed by atoms with Crippen LogP contribution in [0.3, 0.4) is 0 Å². The average molecular weight is 187 g/mol. The molecule has 0 amide bonds. The van der Waals surface area contributed by atoms with Crippen LogP contribution in [0.2, 0.25) is 0 Å². The second kappa shape index (κ2) is 4.43. The van der Waals surface area contributed by atoms with Crippen molar-refractivity contribution < 1.29 is 10.3 Å². The van der Waals surface area contributed by atoms with E-state index in [1.807, 2.05) is 6.92 Å². The third-order valence-corrected chi connectivity index (χ3v) is 2.46. The van der Waals surface area contributed by atoms with E-state index < -0.39 is 0 Å². The summed E-state index contributed by atoms with van der Waals surface area (Å²) >= 11 is 0. The van der Waals surface area contributed by atoms with Gasteiger partial charge >= 0.3 is 0 Å². The Labute approximate surface area is 77.8 Å². The zero-order valence-electron chi connectivity index (χ0n) is 7.85. The van der Waals surface area contributed by atoms with Crippen LogP contribution in [0.15, 0.2) is 5.16 Å². The molecule has 0 bridgehead atoms. The number of piperidine rings is 1. The molecular formula is C8H17N3O2. The van der Waals surface area contributed by atoms with Crippen molar-refractivity contribution in [2.45, 2.75) is 19.4 Å². The van der Waals surface area contributed by atoms with Crippen molar-refractivity contribution in [3.63, 3.8) is 0 Å². The van der Waals surface area contributed by atoms with Crippen molar-refractivity contribution in [3.8, 4) is 0 Å². The number of hydrogen-bond donors (Lipinski definition) is 3. The maximum atomic E-state index is 9.45. The Kier molecular flexibility index (Phi) is 3.50. The lowest BCUT2D eigenvalue weighted by atomic mass is 9.97. The number of rotatable bonds is 2. The molecule has 4 N–H and O–H groups in total. The molecule has 0 aromatic rings. The van der Waals surface area contributed by atoms with Crippen molar-refractivity contribution >= 4 is 5.84 Å². The van der Waals surface area contributed by atoms with Crippen LogP contribution in [0.4, 0.5) is 0 Å². The molecule has 0 aliphatic carbocycles. The van der Waals surface area contributed by atoms with Gasteiger partial charge in [0, 0.05) is 13.1 Å². The maximum absolute atomic E-state index is 9.45. The number of nitrogens with zero attached hydrogens (tertiary/aromatic N) is 2. The van der Waals surface area contributed by atoms with E-state index in [-0.39, 0.29) is 17.9 Å². The van der Waals surface area contributed by atoms with Crippen LogP contribution >= 0.6 is 0 Å². The minimum atomic E-state index is -0.205. The molecule has 0 unspecified atom stereocenters. The summed E-state index contributed by atoms with van der Waals surface area (Å²) in [4.78, 5) is 2.08. The van der Waals surface area contributed by atoms with Crippen LogP contribution in [-0.4, -0.2) is 46.8 Å². The van der Waals surface area contributed by atoms with Crippen LogP contribution in [0.1, 0.15) is 13.3 Å². The fourth-order valence-corrected chi connectivity index (χ4v) is 1.62. The molecule has 1 rings (SSSR count). The Morgan fingerprint density at radius 2 is 2.38 bits per heavy atom. The van der Waals surface area contributed by atoms with Crippen molar-refractivity contribution in [1.29, 1.82) is 0 Å². The Morgan fingerprint density at radius 1 is 1.69 bits per heavy atom. The fraction of sp³-hybridized carbons (Fsp3) is 0.875. The van der Waals surface area contributed by atoms with Gasteiger partial charge in [0.2, 0.25) is 0 Å². The normalized spacial score (nSPS) is 32.0. The molecule has 2 atom stereocenters. The molecule has 0 radical (unpaired) electrons. The highest BCUT2D eigenvalue weighted by molar-refractivity contribution is 5.81. The summed E-state index contributed by atoms with van der Waals surface area (Å²) in [7, 11) is 0. The minimum Gasteiger partial charge on any atom is -0.409 e. The van der Waals surface area contributed by atoms with Gasteiger partial charge in [-0.2, -0.15) is 0 Å². The van der Waals surface area contributed by atoms with Crippen LogP contribution in [0, 0.1) is 5.92 Å². The molecule has 1 aliphatic rings. The Hall–Kier alpha value is -0.810. The third-order valence-electron chi connectivity index (χ3n) is 2.46. The molecule has 1 heterocycles. The van der Waals surface area contributed by atoms with E-state index in [9.17, 15) is 5.11 Å². The molecule has 0 saturated carbocycles. The molecule has 13 heavy (non-hydrogen) atoms. The van der Waals surface area contributed by atoms with Crippen LogP contribution in [-0.2, 0) is 0 Å². The molecule has 0 aromatic heterocycles. The van der Waals surface area contributed by atoms with Gasteiger partial charge in [-0.1, -0.05) is 12.1 Å². The largest absolute Gasteiger partial charge is 0.409 e. The van der Waals surface area contributed by atoms with E-state index in [4.69, 9.17) is 10.9 Å². The summed E-state index contributed by atoms with van der Waals surface area (Å²) < 4.78 is 0. The lowest BCUT2D eigenvalue weighted by Gasteiger charge is -2.33. The van der Waals surface area contributed by atoms with Crippen molar-refractivity contribution in [1.82, 2.24) is 4.90 Å². The lowest BCUT2D eigenvalue weighted by molar-refractivity contribution is 0.0408. The van der Waals surface area contributed by atoms with Crippen molar-refractivity contribution in [2.75, 3.05) is 19.6 Å². The first kappa shape index (κ1) is 10.3. The summed E-state index contributed by atoms with van der Waals surface area (Å²) in [5.74, 6) is 0.490. The second-order valence-corrected chi connectivity index (χ2v) is 3.66. The predicted octanol–water partition coefficient (Wildman–Crippen LogP) is -0.564. The highest BCUT2D eigenvalue weighted by Gasteiger charge is 2.24. The molecule has 0 spiro atoms. The van der Waals surface area contributed by atoms with E-state index in [1.54, 1.807) is 0 Å². The highest BCUT2D eigenvalue weighted by Crippen LogP contribution is 2.15. The van der Waals surface area contributed by atoms with Crippen LogP contribution in [0.5, 0.6) is 0 Å². The number of aliphatic hydroxyl groups excluding tert-OH is 1. The Balaban J connectivity index is 2.37. The molecule has 5 heteroatoms. The van der Waals surface area contributed by atoms with E-state index >= 15 is 0 Å². The fourth-order valence-electron chi connectivity index (χ4n) is 1.62. The van der Waals surface area contributed by atoms with E-state index in [0.29, 0.717) is 6.54 Å². The van der Waals surface area contributed by atoms with Gasteiger partial charge in [0.25, 0.3) is 0 Å². The number of hydrogen-bond acceptors (Lipinski definition) is 4. The summed E-state index contributed by atoms with van der Waals surface area (Å²) in [6.45, 7) is 4.09. The summed E-state index contributed by atoms with van der Waals surface area (Å²) in [5, 5.41) is 20.7. The van der Waals surface area contributed by atoms with Crippen molar-refractivity contribution in [2.24, 2.45) is 16.8 Å². The van der Waals surface area contributed by atoms with E-state index in [0.717, 1.165) is 19.5 Å². The van der Waals surface area contributed by atoms with Crippen LogP contribution < -0.4 is 5.73 Å². The number of aliphatic hydroxyl groups is 1. The topological polar surface area (TPSA) is 82.1 Å². The van der Waals surface area contributed by atoms with Crippen molar-refractivity contribution in [3.05, 3.63) is 0 Å². The standard InChI is InChI=1S/C8H17N3O2/c1-6-4-11(3-2-7(6)12)5-8(9)10-13/h6-7,12-13H,2-5H2,1H3,(H2,9,10)/t6-,7-/m0/s1. The monoisotopic (exact) mass is 187 g/mol. The zero-order chi connectivity index (χ0) is 9.84. The van der Waals surface area contributed by atoms with E-state index in [2.05, 4.69) is 10.1 Å². The van der Waals surface area contributed by atoms with Crippen LogP contribution in [0.25, 0.3) is 0 Å². The molecular weight excluding hydrogens is 170 g/mol. The quantitative estimate of drug-likeness (QED) is 0.234. The first-order valence-corrected chi connectivity index (χ1v) is 4.50. The third kappa shape index (κ3) is 2.86. The number of amidine groups is 1. The molecule has 5 nitrogen and oxygen atoms in total. The molecule has 1 saturated heterocycles. The smallest absolute Gasteiger partial charge is 0.153 e. The Bertz CT molecular complexity index is 196. The second-order valence-electron chi connectivity index (χ2n) is 3.66. The summed E-state index contributed by atoms with van der Waals surface area (Å²) in [6.07, 6.45) is 0.559. The zero-order valence-corrected chi connectivity index (χ0v) is 7.85. The lowest BCUT2D eigenvalue weighted by Crippen LogP contribution is -2.45. The first-order valence-electron chi connectivity index (χ1n) is 4.50. The first-order chi connectivity index (χ1) is 6.13. The number of likely N-dealkylation sites (tertiary alicyclic amines) is 1. The number of nitrogens with two attached hydrogens (primary N) is 1. The maximum Gasteiger partial charge on any atom is 0.153 e. The molecule has 1 fully saturated rings.